The minimum Gasteiger partial charge on any atom is -0.477 e. The molecule has 19 heavy (non-hydrogen) atoms. The van der Waals surface area contributed by atoms with Crippen molar-refractivity contribution in [2.24, 2.45) is 0 Å². The van der Waals surface area contributed by atoms with Gasteiger partial charge in [0.05, 0.1) is 3.79 Å². The lowest BCUT2D eigenvalue weighted by molar-refractivity contribution is 0.0702. The predicted octanol–water partition coefficient (Wildman–Crippen LogP) is 1.67. The fourth-order valence-corrected chi connectivity index (χ4v) is 5.45. The number of carboxylic acid groups (broad SMARTS) is 1. The van der Waals surface area contributed by atoms with Crippen LogP contribution in [-0.2, 0) is 14.8 Å². The Morgan fingerprint density at radius 3 is 2.63 bits per heavy atom. The molecule has 1 fully saturated rings. The van der Waals surface area contributed by atoms with E-state index < -0.39 is 16.0 Å². The van der Waals surface area contributed by atoms with E-state index in [0.29, 0.717) is 29.8 Å². The normalized spacial score (nSPS) is 17.5. The van der Waals surface area contributed by atoms with Gasteiger partial charge in [0.2, 0.25) is 10.0 Å². The molecule has 1 aliphatic rings. The summed E-state index contributed by atoms with van der Waals surface area (Å²) in [5, 5.41) is 8.87. The molecular formula is C10H12BrNO5S2. The molecule has 6 nitrogen and oxygen atoms in total. The Balaban J connectivity index is 2.21. The SMILES string of the molecule is O=C(O)c1cc(S(=O)(=O)NC2CCOCC2)c(Br)s1. The first kappa shape index (κ1) is 14.9. The van der Waals surface area contributed by atoms with Crippen molar-refractivity contribution in [3.8, 4) is 0 Å². The summed E-state index contributed by atoms with van der Waals surface area (Å²) in [5.41, 5.74) is 0. The van der Waals surface area contributed by atoms with E-state index in [0.717, 1.165) is 11.3 Å². The van der Waals surface area contributed by atoms with Crippen molar-refractivity contribution < 1.29 is 23.1 Å². The number of rotatable bonds is 4. The van der Waals surface area contributed by atoms with Crippen molar-refractivity contribution in [1.82, 2.24) is 4.72 Å². The molecule has 2 heterocycles. The number of carboxylic acids is 1. The first-order chi connectivity index (χ1) is 8.90. The molecule has 1 aliphatic heterocycles. The Bertz CT molecular complexity index is 577. The lowest BCUT2D eigenvalue weighted by atomic mass is 10.1. The standard InChI is InChI=1S/C10H12BrNO5S2/c11-9-8(5-7(18-9)10(13)14)19(15,16)12-6-1-3-17-4-2-6/h5-6,12H,1-4H2,(H,13,14). The zero-order chi connectivity index (χ0) is 14.0. The second-order valence-corrected chi connectivity index (χ2v) is 8.11. The molecule has 0 aliphatic carbocycles. The maximum Gasteiger partial charge on any atom is 0.345 e. The van der Waals surface area contributed by atoms with Crippen LogP contribution in [0.4, 0.5) is 0 Å². The Morgan fingerprint density at radius 2 is 2.11 bits per heavy atom. The van der Waals surface area contributed by atoms with E-state index >= 15 is 0 Å². The van der Waals surface area contributed by atoms with Gasteiger partial charge in [0.25, 0.3) is 0 Å². The summed E-state index contributed by atoms with van der Waals surface area (Å²) in [5.74, 6) is -1.14. The van der Waals surface area contributed by atoms with E-state index in [-0.39, 0.29) is 15.8 Å². The van der Waals surface area contributed by atoms with Gasteiger partial charge in [-0.25, -0.2) is 17.9 Å². The van der Waals surface area contributed by atoms with Crippen molar-refractivity contribution in [3.63, 3.8) is 0 Å². The summed E-state index contributed by atoms with van der Waals surface area (Å²) >= 11 is 3.98. The molecule has 0 atom stereocenters. The Morgan fingerprint density at radius 1 is 1.47 bits per heavy atom. The van der Waals surface area contributed by atoms with Gasteiger partial charge in [-0.2, -0.15) is 0 Å². The van der Waals surface area contributed by atoms with Gasteiger partial charge in [-0.1, -0.05) is 0 Å². The third kappa shape index (κ3) is 3.54. The number of ether oxygens (including phenoxy) is 1. The molecule has 0 bridgehead atoms. The molecule has 9 heteroatoms. The Kier molecular flexibility index (Phi) is 4.62. The van der Waals surface area contributed by atoms with Crippen LogP contribution in [0.5, 0.6) is 0 Å². The lowest BCUT2D eigenvalue weighted by Gasteiger charge is -2.22. The summed E-state index contributed by atoms with van der Waals surface area (Å²) < 4.78 is 32.4. The maximum absolute atomic E-state index is 12.2. The third-order valence-electron chi connectivity index (χ3n) is 2.70. The van der Waals surface area contributed by atoms with Gasteiger partial charge in [-0.15, -0.1) is 11.3 Å². The molecule has 0 aromatic carbocycles. The maximum atomic E-state index is 12.2. The monoisotopic (exact) mass is 369 g/mol. The number of nitrogens with one attached hydrogen (secondary N) is 1. The summed E-state index contributed by atoms with van der Waals surface area (Å²) in [4.78, 5) is 10.8. The second-order valence-electron chi connectivity index (χ2n) is 4.06. The number of halogens is 1. The summed E-state index contributed by atoms with van der Waals surface area (Å²) in [6.45, 7) is 1.05. The molecule has 2 N–H and O–H groups in total. The summed E-state index contributed by atoms with van der Waals surface area (Å²) in [6.07, 6.45) is 1.24. The van der Waals surface area contributed by atoms with Gasteiger partial charge < -0.3 is 9.84 Å². The quantitative estimate of drug-likeness (QED) is 0.841. The van der Waals surface area contributed by atoms with E-state index in [1.165, 1.54) is 6.07 Å². The Labute approximate surface area is 123 Å². The average molecular weight is 370 g/mol. The van der Waals surface area contributed by atoms with Crippen LogP contribution in [0, 0.1) is 0 Å². The molecule has 0 radical (unpaired) electrons. The topological polar surface area (TPSA) is 92.7 Å². The van der Waals surface area contributed by atoms with Crippen LogP contribution in [0.25, 0.3) is 0 Å². The number of carbonyl (C=O) groups is 1. The van der Waals surface area contributed by atoms with Crippen LogP contribution in [0.2, 0.25) is 0 Å². The molecule has 1 aromatic rings. The highest BCUT2D eigenvalue weighted by atomic mass is 79.9. The Hall–Kier alpha value is -0.480. The smallest absolute Gasteiger partial charge is 0.345 e. The minimum absolute atomic E-state index is 0.0146. The minimum atomic E-state index is -3.71. The number of hydrogen-bond acceptors (Lipinski definition) is 5. The van der Waals surface area contributed by atoms with Crippen LogP contribution in [0.15, 0.2) is 14.7 Å². The molecule has 2 rings (SSSR count). The first-order valence-electron chi connectivity index (χ1n) is 5.53. The molecule has 0 spiro atoms. The van der Waals surface area contributed by atoms with Crippen molar-refractivity contribution in [2.75, 3.05) is 13.2 Å². The van der Waals surface area contributed by atoms with E-state index in [1.807, 2.05) is 0 Å². The average Bonchev–Trinajstić information content (AvgIpc) is 2.73. The van der Waals surface area contributed by atoms with Crippen molar-refractivity contribution >= 4 is 43.3 Å². The van der Waals surface area contributed by atoms with E-state index in [9.17, 15) is 13.2 Å². The van der Waals surface area contributed by atoms with Gasteiger partial charge >= 0.3 is 5.97 Å². The number of hydrogen-bond donors (Lipinski definition) is 2. The highest BCUT2D eigenvalue weighted by molar-refractivity contribution is 9.11. The fraction of sp³-hybridized carbons (Fsp3) is 0.500. The van der Waals surface area contributed by atoms with Crippen LogP contribution in [-0.4, -0.2) is 38.7 Å². The van der Waals surface area contributed by atoms with Crippen LogP contribution >= 0.6 is 27.3 Å². The molecule has 0 amide bonds. The third-order valence-corrected chi connectivity index (χ3v) is 6.46. The van der Waals surface area contributed by atoms with Crippen molar-refractivity contribution in [3.05, 3.63) is 14.7 Å². The molecule has 0 unspecified atom stereocenters. The van der Waals surface area contributed by atoms with Gasteiger partial charge in [-0.3, -0.25) is 0 Å². The molecule has 0 saturated carbocycles. The summed E-state index contributed by atoms with van der Waals surface area (Å²) in [6, 6.07) is 0.998. The zero-order valence-corrected chi connectivity index (χ0v) is 13.0. The molecule has 106 valence electrons. The van der Waals surface area contributed by atoms with Crippen LogP contribution < -0.4 is 4.72 Å². The first-order valence-corrected chi connectivity index (χ1v) is 8.62. The highest BCUT2D eigenvalue weighted by Crippen LogP contribution is 2.32. The fourth-order valence-electron chi connectivity index (χ4n) is 1.74. The largest absolute Gasteiger partial charge is 0.477 e. The molecule has 1 aromatic heterocycles. The second kappa shape index (κ2) is 5.88. The van der Waals surface area contributed by atoms with Crippen molar-refractivity contribution in [1.29, 1.82) is 0 Å². The molecule has 1 saturated heterocycles. The van der Waals surface area contributed by atoms with Gasteiger partial charge in [0.15, 0.2) is 0 Å². The van der Waals surface area contributed by atoms with E-state index in [1.54, 1.807) is 0 Å². The number of aromatic carboxylic acids is 1. The van der Waals surface area contributed by atoms with Gasteiger partial charge in [0, 0.05) is 19.3 Å². The van der Waals surface area contributed by atoms with Gasteiger partial charge in [-0.05, 0) is 34.8 Å². The predicted molar refractivity (Wildman–Crippen MR) is 73.1 cm³/mol. The van der Waals surface area contributed by atoms with Crippen LogP contribution in [0.1, 0.15) is 22.5 Å². The van der Waals surface area contributed by atoms with E-state index in [4.69, 9.17) is 9.84 Å². The number of sulfonamides is 1. The van der Waals surface area contributed by atoms with Crippen molar-refractivity contribution in [2.45, 2.75) is 23.8 Å². The summed E-state index contributed by atoms with van der Waals surface area (Å²) in [7, 11) is -3.71. The molecular weight excluding hydrogens is 358 g/mol. The van der Waals surface area contributed by atoms with Gasteiger partial charge in [0.1, 0.15) is 9.77 Å². The van der Waals surface area contributed by atoms with Crippen LogP contribution in [0.3, 0.4) is 0 Å². The van der Waals surface area contributed by atoms with E-state index in [2.05, 4.69) is 20.7 Å². The number of thiophene rings is 1. The zero-order valence-electron chi connectivity index (χ0n) is 9.76. The lowest BCUT2D eigenvalue weighted by Crippen LogP contribution is -2.38. The highest BCUT2D eigenvalue weighted by Gasteiger charge is 2.26.